The number of anilines is 1. The molecule has 1 N–H and O–H groups in total. The van der Waals surface area contributed by atoms with Crippen LogP contribution in [0.4, 0.5) is 10.1 Å². The lowest BCUT2D eigenvalue weighted by Crippen LogP contribution is -2.18. The van der Waals surface area contributed by atoms with Crippen LogP contribution >= 0.6 is 0 Å². The van der Waals surface area contributed by atoms with Crippen LogP contribution in [-0.4, -0.2) is 13.7 Å². The fraction of sp³-hybridized carbons (Fsp3) is 0.364. The number of nitriles is 1. The third kappa shape index (κ3) is 2.56. The second kappa shape index (κ2) is 4.00. The van der Waals surface area contributed by atoms with E-state index < -0.39 is 21.1 Å². The summed E-state index contributed by atoms with van der Waals surface area (Å²) in [5.74, 6) is -0.498. The Bertz CT molecular complexity index is 592. The van der Waals surface area contributed by atoms with Crippen molar-refractivity contribution < 1.29 is 12.8 Å². The largest absolute Gasteiger partial charge is 0.283 e. The molecule has 0 radical (unpaired) electrons. The number of nitrogens with zero attached hydrogens (tertiary/aromatic N) is 1. The van der Waals surface area contributed by atoms with Gasteiger partial charge >= 0.3 is 0 Å². The molecule has 1 aromatic carbocycles. The maximum Gasteiger partial charge on any atom is 0.235 e. The van der Waals surface area contributed by atoms with Crippen LogP contribution < -0.4 is 4.72 Å². The van der Waals surface area contributed by atoms with Crippen LogP contribution in [0.25, 0.3) is 0 Å². The van der Waals surface area contributed by atoms with E-state index in [9.17, 15) is 12.8 Å². The molecule has 0 heterocycles. The third-order valence-corrected chi connectivity index (χ3v) is 4.70. The van der Waals surface area contributed by atoms with E-state index in [0.717, 1.165) is 12.1 Å². The Balaban J connectivity index is 2.25. The minimum absolute atomic E-state index is 0.0894. The molecular weight excluding hydrogens is 243 g/mol. The zero-order valence-corrected chi connectivity index (χ0v) is 9.96. The molecule has 1 fully saturated rings. The van der Waals surface area contributed by atoms with Crippen LogP contribution in [0.1, 0.15) is 18.9 Å². The molecule has 1 aliphatic rings. The number of sulfonamides is 1. The molecule has 0 amide bonds. The highest BCUT2D eigenvalue weighted by atomic mass is 32.2. The molecule has 6 heteroatoms. The van der Waals surface area contributed by atoms with Crippen LogP contribution in [0.2, 0.25) is 0 Å². The molecule has 1 aromatic rings. The number of benzene rings is 1. The maximum atomic E-state index is 13.1. The summed E-state index contributed by atoms with van der Waals surface area (Å²) in [6.45, 7) is 1.84. The first-order valence-corrected chi connectivity index (χ1v) is 6.69. The minimum atomic E-state index is -3.46. The Morgan fingerprint density at radius 1 is 1.47 bits per heavy atom. The average molecular weight is 254 g/mol. The summed E-state index contributed by atoms with van der Waals surface area (Å²) in [5.41, 5.74) is 0.187. The lowest BCUT2D eigenvalue weighted by Gasteiger charge is -2.07. The fourth-order valence-electron chi connectivity index (χ4n) is 1.67. The Labute approximate surface area is 99.1 Å². The lowest BCUT2D eigenvalue weighted by atomic mass is 10.2. The van der Waals surface area contributed by atoms with Gasteiger partial charge in [-0.3, -0.25) is 4.72 Å². The number of rotatable bonds is 3. The highest BCUT2D eigenvalue weighted by molar-refractivity contribution is 7.93. The normalized spacial score (nSPS) is 22.9. The van der Waals surface area contributed by atoms with Gasteiger partial charge in [0, 0.05) is 0 Å². The molecule has 2 unspecified atom stereocenters. The molecule has 1 aliphatic carbocycles. The van der Waals surface area contributed by atoms with Gasteiger partial charge in [-0.25, -0.2) is 12.8 Å². The minimum Gasteiger partial charge on any atom is -0.283 e. The predicted octanol–water partition coefficient (Wildman–Crippen LogP) is 1.85. The number of halogens is 1. The average Bonchev–Trinajstić information content (AvgIpc) is 2.94. The number of hydrogen-bond donors (Lipinski definition) is 1. The summed E-state index contributed by atoms with van der Waals surface area (Å²) in [6, 6.07) is 5.20. The monoisotopic (exact) mass is 254 g/mol. The fourth-order valence-corrected chi connectivity index (χ4v) is 3.44. The van der Waals surface area contributed by atoms with Crippen LogP contribution in [0, 0.1) is 23.1 Å². The second-order valence-corrected chi connectivity index (χ2v) is 6.14. The first-order valence-electron chi connectivity index (χ1n) is 5.14. The van der Waals surface area contributed by atoms with Gasteiger partial charge in [-0.2, -0.15) is 5.26 Å². The Kier molecular flexibility index (Phi) is 2.79. The molecule has 0 saturated heterocycles. The van der Waals surface area contributed by atoms with Gasteiger partial charge in [0.15, 0.2) is 0 Å². The zero-order chi connectivity index (χ0) is 12.6. The van der Waals surface area contributed by atoms with Crippen molar-refractivity contribution in [2.24, 2.45) is 5.92 Å². The molecular formula is C11H11FN2O2S. The van der Waals surface area contributed by atoms with Gasteiger partial charge in [-0.05, 0) is 30.5 Å². The highest BCUT2D eigenvalue weighted by Crippen LogP contribution is 2.37. The molecule has 2 atom stereocenters. The van der Waals surface area contributed by atoms with E-state index in [4.69, 9.17) is 5.26 Å². The third-order valence-electron chi connectivity index (χ3n) is 2.72. The molecule has 0 aliphatic heterocycles. The first kappa shape index (κ1) is 11.9. The van der Waals surface area contributed by atoms with Gasteiger partial charge in [0.2, 0.25) is 10.0 Å². The molecule has 4 nitrogen and oxygen atoms in total. The van der Waals surface area contributed by atoms with Crippen molar-refractivity contribution in [2.75, 3.05) is 4.72 Å². The van der Waals surface area contributed by atoms with Crippen molar-refractivity contribution in [3.8, 4) is 6.07 Å². The smallest absolute Gasteiger partial charge is 0.235 e. The summed E-state index contributed by atoms with van der Waals surface area (Å²) in [6.07, 6.45) is 0.621. The zero-order valence-electron chi connectivity index (χ0n) is 9.14. The molecule has 0 bridgehead atoms. The summed E-state index contributed by atoms with van der Waals surface area (Å²) >= 11 is 0. The van der Waals surface area contributed by atoms with E-state index in [2.05, 4.69) is 4.72 Å². The van der Waals surface area contributed by atoms with Crippen molar-refractivity contribution in [2.45, 2.75) is 18.6 Å². The Morgan fingerprint density at radius 2 is 2.12 bits per heavy atom. The van der Waals surface area contributed by atoms with E-state index >= 15 is 0 Å². The molecule has 0 aromatic heterocycles. The van der Waals surface area contributed by atoms with Crippen molar-refractivity contribution in [1.82, 2.24) is 0 Å². The van der Waals surface area contributed by atoms with Crippen molar-refractivity contribution >= 4 is 15.7 Å². The molecule has 90 valence electrons. The highest BCUT2D eigenvalue weighted by Gasteiger charge is 2.44. The standard InChI is InChI=1S/C11H11FN2O2S/c1-7-2-11(7)17(15,16)14-10-4-8(6-13)3-9(12)5-10/h3-5,7,11,14H,2H2,1H3. The van der Waals surface area contributed by atoms with Gasteiger partial charge in [-0.15, -0.1) is 0 Å². The van der Waals surface area contributed by atoms with Gasteiger partial charge in [0.1, 0.15) is 5.82 Å². The lowest BCUT2D eigenvalue weighted by molar-refractivity contribution is 0.598. The SMILES string of the molecule is CC1CC1S(=O)(=O)Nc1cc(F)cc(C#N)c1. The van der Waals surface area contributed by atoms with Crippen LogP contribution in [0.5, 0.6) is 0 Å². The van der Waals surface area contributed by atoms with E-state index in [1.165, 1.54) is 6.07 Å². The Hall–Kier alpha value is -1.61. The summed E-state index contributed by atoms with van der Waals surface area (Å²) in [4.78, 5) is 0. The summed E-state index contributed by atoms with van der Waals surface area (Å²) in [5, 5.41) is 8.25. The van der Waals surface area contributed by atoms with E-state index in [0.29, 0.717) is 6.42 Å². The maximum absolute atomic E-state index is 13.1. The second-order valence-electron chi connectivity index (χ2n) is 4.24. The molecule has 0 spiro atoms. The first-order chi connectivity index (χ1) is 7.92. The van der Waals surface area contributed by atoms with E-state index in [1.54, 1.807) is 6.07 Å². The van der Waals surface area contributed by atoms with Crippen LogP contribution in [-0.2, 0) is 10.0 Å². The number of nitrogens with one attached hydrogen (secondary N) is 1. The predicted molar refractivity (Wildman–Crippen MR) is 61.2 cm³/mol. The topological polar surface area (TPSA) is 70.0 Å². The van der Waals surface area contributed by atoms with Gasteiger partial charge < -0.3 is 0 Å². The summed E-state index contributed by atoms with van der Waals surface area (Å²) in [7, 11) is -3.46. The number of hydrogen-bond acceptors (Lipinski definition) is 3. The van der Waals surface area contributed by atoms with Crippen LogP contribution in [0.3, 0.4) is 0 Å². The van der Waals surface area contributed by atoms with E-state index in [-0.39, 0.29) is 17.2 Å². The van der Waals surface area contributed by atoms with E-state index in [1.807, 2.05) is 6.92 Å². The van der Waals surface area contributed by atoms with Gasteiger partial charge in [0.05, 0.1) is 22.6 Å². The molecule has 1 saturated carbocycles. The summed E-state index contributed by atoms with van der Waals surface area (Å²) < 4.78 is 38.9. The van der Waals surface area contributed by atoms with Crippen molar-refractivity contribution in [3.63, 3.8) is 0 Å². The van der Waals surface area contributed by atoms with Gasteiger partial charge in [-0.1, -0.05) is 6.92 Å². The molecule has 2 rings (SSSR count). The molecule has 17 heavy (non-hydrogen) atoms. The van der Waals surface area contributed by atoms with Crippen LogP contribution in [0.15, 0.2) is 18.2 Å². The van der Waals surface area contributed by atoms with Crippen molar-refractivity contribution in [3.05, 3.63) is 29.6 Å². The Morgan fingerprint density at radius 3 is 2.65 bits per heavy atom. The van der Waals surface area contributed by atoms with Gasteiger partial charge in [0.25, 0.3) is 0 Å². The van der Waals surface area contributed by atoms with Crippen molar-refractivity contribution in [1.29, 1.82) is 5.26 Å². The quantitative estimate of drug-likeness (QED) is 0.894.